The van der Waals surface area contributed by atoms with E-state index in [2.05, 4.69) is 29.6 Å². The van der Waals surface area contributed by atoms with Crippen LogP contribution < -0.4 is 0 Å². The van der Waals surface area contributed by atoms with Crippen LogP contribution in [0.4, 0.5) is 0 Å². The Bertz CT molecular complexity index is 831. The summed E-state index contributed by atoms with van der Waals surface area (Å²) in [5.74, 6) is -0.101. The second-order valence-electron chi connectivity index (χ2n) is 6.12. The molecule has 0 spiro atoms. The summed E-state index contributed by atoms with van der Waals surface area (Å²) in [5.41, 5.74) is 2.25. The van der Waals surface area contributed by atoms with Crippen molar-refractivity contribution in [1.29, 1.82) is 0 Å². The molecule has 0 radical (unpaired) electrons. The standard InChI is InChI=1S/C21H23NO3S/c23-11-10-22(15-18-4-2-1-3-5-18)21(24)16-25-12-8-17-6-7-20-19(14-17)9-13-26-20/h1-7,9,13-14,23H,8,10-12,15-16H2. The average Bonchev–Trinajstić information content (AvgIpc) is 3.13. The number of amides is 1. The summed E-state index contributed by atoms with van der Waals surface area (Å²) in [5, 5.41) is 12.6. The van der Waals surface area contributed by atoms with Gasteiger partial charge in [0.1, 0.15) is 6.61 Å². The van der Waals surface area contributed by atoms with Crippen LogP contribution in [0.3, 0.4) is 0 Å². The van der Waals surface area contributed by atoms with Gasteiger partial charge in [0.15, 0.2) is 0 Å². The Hall–Kier alpha value is -2.21. The lowest BCUT2D eigenvalue weighted by molar-refractivity contribution is -0.137. The molecule has 0 unspecified atom stereocenters. The molecule has 0 atom stereocenters. The molecule has 0 saturated heterocycles. The third kappa shape index (κ3) is 5.14. The van der Waals surface area contributed by atoms with E-state index >= 15 is 0 Å². The van der Waals surface area contributed by atoms with Crippen molar-refractivity contribution in [3.8, 4) is 0 Å². The first kappa shape index (κ1) is 18.6. The lowest BCUT2D eigenvalue weighted by Crippen LogP contribution is -2.35. The van der Waals surface area contributed by atoms with Crippen LogP contribution in [0.5, 0.6) is 0 Å². The molecule has 1 N–H and O–H groups in total. The second kappa shape index (κ2) is 9.48. The lowest BCUT2D eigenvalue weighted by Gasteiger charge is -2.22. The molecule has 1 heterocycles. The van der Waals surface area contributed by atoms with Crippen LogP contribution in [-0.4, -0.2) is 42.3 Å². The molecule has 2 aromatic carbocycles. The Kier molecular flexibility index (Phi) is 6.77. The number of aliphatic hydroxyl groups excluding tert-OH is 1. The molecular weight excluding hydrogens is 346 g/mol. The number of carbonyl (C=O) groups is 1. The molecule has 4 nitrogen and oxygen atoms in total. The van der Waals surface area contributed by atoms with E-state index in [1.807, 2.05) is 30.3 Å². The number of benzene rings is 2. The van der Waals surface area contributed by atoms with Crippen LogP contribution in [0, 0.1) is 0 Å². The zero-order chi connectivity index (χ0) is 18.2. The molecule has 26 heavy (non-hydrogen) atoms. The van der Waals surface area contributed by atoms with Crippen molar-refractivity contribution in [2.45, 2.75) is 13.0 Å². The van der Waals surface area contributed by atoms with Gasteiger partial charge in [-0.2, -0.15) is 0 Å². The predicted molar refractivity (Wildman–Crippen MR) is 105 cm³/mol. The van der Waals surface area contributed by atoms with Gasteiger partial charge in [-0.15, -0.1) is 11.3 Å². The van der Waals surface area contributed by atoms with Crippen LogP contribution in [0.15, 0.2) is 60.0 Å². The van der Waals surface area contributed by atoms with E-state index in [1.54, 1.807) is 16.2 Å². The highest BCUT2D eigenvalue weighted by molar-refractivity contribution is 7.17. The molecule has 0 fully saturated rings. The van der Waals surface area contributed by atoms with E-state index in [1.165, 1.54) is 15.6 Å². The molecule has 0 bridgehead atoms. The highest BCUT2D eigenvalue weighted by Gasteiger charge is 2.13. The maximum Gasteiger partial charge on any atom is 0.248 e. The fraction of sp³-hybridized carbons (Fsp3) is 0.286. The molecule has 0 aliphatic rings. The average molecular weight is 369 g/mol. The van der Waals surface area contributed by atoms with Crippen molar-refractivity contribution >= 4 is 27.3 Å². The smallest absolute Gasteiger partial charge is 0.248 e. The first-order valence-electron chi connectivity index (χ1n) is 8.72. The van der Waals surface area contributed by atoms with Gasteiger partial charge in [0.25, 0.3) is 0 Å². The third-order valence-corrected chi connectivity index (χ3v) is 5.11. The summed E-state index contributed by atoms with van der Waals surface area (Å²) in [6.45, 7) is 1.27. The first-order chi connectivity index (χ1) is 12.8. The fourth-order valence-corrected chi connectivity index (χ4v) is 3.60. The van der Waals surface area contributed by atoms with E-state index in [0.29, 0.717) is 19.7 Å². The minimum atomic E-state index is -0.101. The zero-order valence-corrected chi connectivity index (χ0v) is 15.5. The van der Waals surface area contributed by atoms with Gasteiger partial charge in [0.05, 0.1) is 13.2 Å². The molecule has 1 aromatic heterocycles. The highest BCUT2D eigenvalue weighted by atomic mass is 32.1. The molecule has 3 rings (SSSR count). The quantitative estimate of drug-likeness (QED) is 0.588. The van der Waals surface area contributed by atoms with Crippen molar-refractivity contribution in [1.82, 2.24) is 4.90 Å². The summed E-state index contributed by atoms with van der Waals surface area (Å²) in [4.78, 5) is 14.0. The molecule has 0 aliphatic carbocycles. The lowest BCUT2D eigenvalue weighted by atomic mass is 10.1. The van der Waals surface area contributed by atoms with E-state index < -0.39 is 0 Å². The van der Waals surface area contributed by atoms with Gasteiger partial charge in [0.2, 0.25) is 5.91 Å². The molecule has 0 saturated carbocycles. The summed E-state index contributed by atoms with van der Waals surface area (Å²) < 4.78 is 6.87. The number of hydrogen-bond acceptors (Lipinski definition) is 4. The summed E-state index contributed by atoms with van der Waals surface area (Å²) in [6, 6.07) is 18.3. The van der Waals surface area contributed by atoms with Gasteiger partial charge < -0.3 is 14.7 Å². The Balaban J connectivity index is 1.46. The van der Waals surface area contributed by atoms with Crippen LogP contribution in [0.2, 0.25) is 0 Å². The monoisotopic (exact) mass is 369 g/mol. The first-order valence-corrected chi connectivity index (χ1v) is 9.60. The van der Waals surface area contributed by atoms with Gasteiger partial charge in [-0.05, 0) is 40.4 Å². The number of hydrogen-bond donors (Lipinski definition) is 1. The van der Waals surface area contributed by atoms with Crippen molar-refractivity contribution < 1.29 is 14.6 Å². The predicted octanol–water partition coefficient (Wildman–Crippen LogP) is 3.48. The van der Waals surface area contributed by atoms with Crippen molar-refractivity contribution in [3.63, 3.8) is 0 Å². The van der Waals surface area contributed by atoms with Crippen molar-refractivity contribution in [2.24, 2.45) is 0 Å². The van der Waals surface area contributed by atoms with Gasteiger partial charge in [-0.3, -0.25) is 4.79 Å². The Morgan fingerprint density at radius 2 is 1.92 bits per heavy atom. The van der Waals surface area contributed by atoms with Crippen molar-refractivity contribution in [2.75, 3.05) is 26.4 Å². The SMILES string of the molecule is O=C(COCCc1ccc2sccc2c1)N(CCO)Cc1ccccc1. The van der Waals surface area contributed by atoms with Crippen molar-refractivity contribution in [3.05, 3.63) is 71.1 Å². The van der Waals surface area contributed by atoms with Crippen LogP contribution in [-0.2, 0) is 22.5 Å². The topological polar surface area (TPSA) is 49.8 Å². The van der Waals surface area contributed by atoms with Crippen LogP contribution >= 0.6 is 11.3 Å². The third-order valence-electron chi connectivity index (χ3n) is 4.22. The number of fused-ring (bicyclic) bond motifs is 1. The maximum atomic E-state index is 12.4. The molecular formula is C21H23NO3S. The van der Waals surface area contributed by atoms with E-state index in [4.69, 9.17) is 4.74 Å². The minimum Gasteiger partial charge on any atom is -0.395 e. The Morgan fingerprint density at radius 1 is 1.08 bits per heavy atom. The summed E-state index contributed by atoms with van der Waals surface area (Å²) in [7, 11) is 0. The molecule has 136 valence electrons. The molecule has 0 aliphatic heterocycles. The minimum absolute atomic E-state index is 0.0352. The van der Waals surface area contributed by atoms with Gasteiger partial charge in [0, 0.05) is 17.8 Å². The zero-order valence-electron chi connectivity index (χ0n) is 14.6. The van der Waals surface area contributed by atoms with E-state index in [-0.39, 0.29) is 19.1 Å². The Labute approximate surface area is 157 Å². The highest BCUT2D eigenvalue weighted by Crippen LogP contribution is 2.21. The second-order valence-corrected chi connectivity index (χ2v) is 7.07. The number of nitrogens with zero attached hydrogens (tertiary/aromatic N) is 1. The van der Waals surface area contributed by atoms with Crippen LogP contribution in [0.25, 0.3) is 10.1 Å². The van der Waals surface area contributed by atoms with Gasteiger partial charge in [-0.25, -0.2) is 0 Å². The maximum absolute atomic E-state index is 12.4. The molecule has 5 heteroatoms. The Morgan fingerprint density at radius 3 is 2.73 bits per heavy atom. The number of rotatable bonds is 9. The fourth-order valence-electron chi connectivity index (χ4n) is 2.83. The summed E-state index contributed by atoms with van der Waals surface area (Å²) in [6.07, 6.45) is 0.776. The van der Waals surface area contributed by atoms with Gasteiger partial charge >= 0.3 is 0 Å². The number of thiophene rings is 1. The van der Waals surface area contributed by atoms with E-state index in [9.17, 15) is 9.90 Å². The number of aliphatic hydroxyl groups is 1. The largest absolute Gasteiger partial charge is 0.395 e. The summed E-state index contributed by atoms with van der Waals surface area (Å²) >= 11 is 1.73. The van der Waals surface area contributed by atoms with Crippen LogP contribution in [0.1, 0.15) is 11.1 Å². The normalized spacial score (nSPS) is 11.0. The number of ether oxygens (including phenoxy) is 1. The number of carbonyl (C=O) groups excluding carboxylic acids is 1. The van der Waals surface area contributed by atoms with Gasteiger partial charge in [-0.1, -0.05) is 42.5 Å². The molecule has 1 amide bonds. The van der Waals surface area contributed by atoms with E-state index in [0.717, 1.165) is 12.0 Å². The molecule has 3 aromatic rings.